The first kappa shape index (κ1) is 36.9. The van der Waals surface area contributed by atoms with E-state index in [4.69, 9.17) is 9.84 Å². The molecule has 0 bridgehead atoms. The number of carboxylic acids is 1. The summed E-state index contributed by atoms with van der Waals surface area (Å²) in [6.45, 7) is 4.38. The molecule has 0 aromatic carbocycles. The molecule has 0 aromatic rings. The van der Waals surface area contributed by atoms with E-state index in [0.29, 0.717) is 6.42 Å². The van der Waals surface area contributed by atoms with Gasteiger partial charge in [-0.3, -0.25) is 9.59 Å². The molecule has 0 spiro atoms. The highest BCUT2D eigenvalue weighted by molar-refractivity contribution is 5.69. The number of ether oxygens (including phenoxy) is 1. The van der Waals surface area contributed by atoms with Crippen molar-refractivity contribution in [3.05, 3.63) is 48.6 Å². The van der Waals surface area contributed by atoms with Crippen LogP contribution in [0.4, 0.5) is 0 Å². The molecule has 4 nitrogen and oxygen atoms in total. The Morgan fingerprint density at radius 2 is 1.13 bits per heavy atom. The highest BCUT2D eigenvalue weighted by atomic mass is 16.5. The number of unbranched alkanes of at least 4 members (excludes halogenated alkanes) is 13. The van der Waals surface area contributed by atoms with Crippen LogP contribution in [-0.2, 0) is 14.3 Å². The van der Waals surface area contributed by atoms with Gasteiger partial charge in [-0.25, -0.2) is 0 Å². The van der Waals surface area contributed by atoms with Gasteiger partial charge in [-0.05, 0) is 76.7 Å². The van der Waals surface area contributed by atoms with Crippen LogP contribution in [0.25, 0.3) is 0 Å². The average molecular weight is 545 g/mol. The highest BCUT2D eigenvalue weighted by Gasteiger charge is 2.11. The number of allylic oxidation sites excluding steroid dienone is 7. The van der Waals surface area contributed by atoms with Crippen molar-refractivity contribution in [2.24, 2.45) is 0 Å². The Bertz CT molecular complexity index is 674. The van der Waals surface area contributed by atoms with E-state index in [2.05, 4.69) is 56.4 Å². The van der Waals surface area contributed by atoms with Gasteiger partial charge >= 0.3 is 11.9 Å². The summed E-state index contributed by atoms with van der Waals surface area (Å²) >= 11 is 0. The third-order valence-electron chi connectivity index (χ3n) is 6.74. The fraction of sp³-hybridized carbons (Fsp3) is 0.714. The Hall–Kier alpha value is -2.10. The Morgan fingerprint density at radius 1 is 0.590 bits per heavy atom. The van der Waals surface area contributed by atoms with Crippen molar-refractivity contribution < 1.29 is 19.4 Å². The summed E-state index contributed by atoms with van der Waals surface area (Å²) < 4.78 is 5.74. The van der Waals surface area contributed by atoms with Gasteiger partial charge in [0.25, 0.3) is 0 Å². The summed E-state index contributed by atoms with van der Waals surface area (Å²) in [4.78, 5) is 23.0. The third-order valence-corrected chi connectivity index (χ3v) is 6.74. The summed E-state index contributed by atoms with van der Waals surface area (Å²) in [6.07, 6.45) is 40.2. The number of carbonyl (C=O) groups excluding carboxylic acids is 1. The molecule has 0 aliphatic heterocycles. The summed E-state index contributed by atoms with van der Waals surface area (Å²) in [5.74, 6) is -0.818. The van der Waals surface area contributed by atoms with Crippen LogP contribution in [0.3, 0.4) is 0 Å². The molecule has 39 heavy (non-hydrogen) atoms. The standard InChI is InChI=1S/C35H60O4/c1-3-5-7-8-9-10-11-12-13-14-15-16-17-18-19-20-21-22-28-32-35(38)39-33(29-25-6-4-2)30-26-23-24-27-31-34(36)37/h9-10,12-13,15-16,25,29,33H,3-8,11,14,17-24,26-28,30-32H2,1-2H3,(H,36,37)/b10-9-,13-12-,16-15-,29-25-. The van der Waals surface area contributed by atoms with Crippen molar-refractivity contribution in [2.75, 3.05) is 0 Å². The van der Waals surface area contributed by atoms with Crippen molar-refractivity contribution in [2.45, 2.75) is 161 Å². The van der Waals surface area contributed by atoms with E-state index >= 15 is 0 Å². The van der Waals surface area contributed by atoms with Crippen LogP contribution in [-0.4, -0.2) is 23.1 Å². The molecular formula is C35H60O4. The molecule has 224 valence electrons. The smallest absolute Gasteiger partial charge is 0.306 e. The lowest BCUT2D eigenvalue weighted by Crippen LogP contribution is -2.16. The zero-order valence-electron chi connectivity index (χ0n) is 25.4. The van der Waals surface area contributed by atoms with Crippen molar-refractivity contribution in [1.29, 1.82) is 0 Å². The number of hydrogen-bond donors (Lipinski definition) is 1. The normalized spacial score (nSPS) is 12.9. The molecule has 0 aliphatic carbocycles. The minimum atomic E-state index is -0.729. The van der Waals surface area contributed by atoms with Gasteiger partial charge in [0.2, 0.25) is 0 Å². The van der Waals surface area contributed by atoms with E-state index in [9.17, 15) is 9.59 Å². The fourth-order valence-corrected chi connectivity index (χ4v) is 4.34. The second-order valence-electron chi connectivity index (χ2n) is 10.6. The molecule has 0 aromatic heterocycles. The zero-order valence-corrected chi connectivity index (χ0v) is 25.4. The lowest BCUT2D eigenvalue weighted by molar-refractivity contribution is -0.147. The van der Waals surface area contributed by atoms with Crippen LogP contribution in [0.15, 0.2) is 48.6 Å². The lowest BCUT2D eigenvalue weighted by Gasteiger charge is -2.14. The van der Waals surface area contributed by atoms with E-state index in [1.807, 2.05) is 6.08 Å². The average Bonchev–Trinajstić information content (AvgIpc) is 2.91. The van der Waals surface area contributed by atoms with Gasteiger partial charge < -0.3 is 9.84 Å². The SMILES string of the molecule is CCC/C=C\C(CCCCCCC(=O)O)OC(=O)CCCCCCCC/C=C\C/C=C\C/C=C\CCCCC. The molecule has 1 unspecified atom stereocenters. The molecule has 0 amide bonds. The summed E-state index contributed by atoms with van der Waals surface area (Å²) in [5.41, 5.74) is 0. The Morgan fingerprint density at radius 3 is 1.74 bits per heavy atom. The van der Waals surface area contributed by atoms with E-state index in [0.717, 1.165) is 77.0 Å². The summed E-state index contributed by atoms with van der Waals surface area (Å²) in [5, 5.41) is 8.73. The van der Waals surface area contributed by atoms with Gasteiger partial charge in [0.15, 0.2) is 0 Å². The maximum Gasteiger partial charge on any atom is 0.306 e. The number of carboxylic acid groups (broad SMARTS) is 1. The fourth-order valence-electron chi connectivity index (χ4n) is 4.34. The maximum absolute atomic E-state index is 12.3. The molecule has 0 fully saturated rings. The first-order valence-corrected chi connectivity index (χ1v) is 16.1. The zero-order chi connectivity index (χ0) is 28.7. The Labute approximate surface area is 241 Å². The number of aliphatic carboxylic acids is 1. The van der Waals surface area contributed by atoms with Gasteiger partial charge in [-0.1, -0.05) is 114 Å². The topological polar surface area (TPSA) is 63.6 Å². The first-order chi connectivity index (χ1) is 19.1. The number of rotatable bonds is 28. The van der Waals surface area contributed by atoms with Crippen LogP contribution in [0.5, 0.6) is 0 Å². The van der Waals surface area contributed by atoms with Gasteiger partial charge in [0, 0.05) is 12.8 Å². The minimum absolute atomic E-state index is 0.0887. The Balaban J connectivity index is 3.77. The van der Waals surface area contributed by atoms with Gasteiger partial charge in [-0.15, -0.1) is 0 Å². The summed E-state index contributed by atoms with van der Waals surface area (Å²) in [7, 11) is 0. The number of esters is 1. The first-order valence-electron chi connectivity index (χ1n) is 16.1. The molecule has 1 atom stereocenters. The molecule has 1 N–H and O–H groups in total. The van der Waals surface area contributed by atoms with E-state index in [1.54, 1.807) is 0 Å². The van der Waals surface area contributed by atoms with E-state index in [-0.39, 0.29) is 18.5 Å². The van der Waals surface area contributed by atoms with Crippen molar-refractivity contribution >= 4 is 11.9 Å². The molecule has 0 radical (unpaired) electrons. The lowest BCUT2D eigenvalue weighted by atomic mass is 10.1. The number of hydrogen-bond acceptors (Lipinski definition) is 3. The molecule has 0 aliphatic rings. The minimum Gasteiger partial charge on any atom is -0.481 e. The second kappa shape index (κ2) is 30.4. The van der Waals surface area contributed by atoms with Gasteiger partial charge in [0.05, 0.1) is 0 Å². The predicted octanol–water partition coefficient (Wildman–Crippen LogP) is 10.8. The van der Waals surface area contributed by atoms with E-state index in [1.165, 1.54) is 51.4 Å². The van der Waals surface area contributed by atoms with Crippen molar-refractivity contribution in [1.82, 2.24) is 0 Å². The number of carbonyl (C=O) groups is 2. The molecule has 0 saturated carbocycles. The molecule has 0 heterocycles. The Kier molecular flexibility index (Phi) is 28.8. The van der Waals surface area contributed by atoms with Gasteiger partial charge in [-0.2, -0.15) is 0 Å². The second-order valence-corrected chi connectivity index (χ2v) is 10.6. The molecular weight excluding hydrogens is 484 g/mol. The van der Waals surface area contributed by atoms with Crippen LogP contribution < -0.4 is 0 Å². The quantitative estimate of drug-likeness (QED) is 0.0604. The monoisotopic (exact) mass is 544 g/mol. The van der Waals surface area contributed by atoms with Gasteiger partial charge in [0.1, 0.15) is 6.10 Å². The van der Waals surface area contributed by atoms with Crippen LogP contribution in [0.1, 0.15) is 155 Å². The van der Waals surface area contributed by atoms with Crippen LogP contribution in [0, 0.1) is 0 Å². The van der Waals surface area contributed by atoms with Crippen molar-refractivity contribution in [3.63, 3.8) is 0 Å². The highest BCUT2D eigenvalue weighted by Crippen LogP contribution is 2.14. The van der Waals surface area contributed by atoms with Crippen LogP contribution in [0.2, 0.25) is 0 Å². The van der Waals surface area contributed by atoms with Crippen LogP contribution >= 0.6 is 0 Å². The molecule has 0 rings (SSSR count). The molecule has 0 saturated heterocycles. The third kappa shape index (κ3) is 30.3. The maximum atomic E-state index is 12.3. The summed E-state index contributed by atoms with van der Waals surface area (Å²) in [6, 6.07) is 0. The largest absolute Gasteiger partial charge is 0.481 e. The van der Waals surface area contributed by atoms with Crippen molar-refractivity contribution in [3.8, 4) is 0 Å². The predicted molar refractivity (Wildman–Crippen MR) is 167 cm³/mol. The van der Waals surface area contributed by atoms with E-state index < -0.39 is 5.97 Å². The molecule has 4 heteroatoms.